The minimum Gasteiger partial charge on any atom is -0.385 e. The van der Waals surface area contributed by atoms with Crippen molar-refractivity contribution in [3.05, 3.63) is 0 Å². The zero-order chi connectivity index (χ0) is 11.8. The van der Waals surface area contributed by atoms with Crippen LogP contribution in [0.15, 0.2) is 0 Å². The topological polar surface area (TPSA) is 84.6 Å². The molecule has 0 saturated carbocycles. The lowest BCUT2D eigenvalue weighted by atomic mass is 10.2. The maximum absolute atomic E-state index is 11.8. The van der Waals surface area contributed by atoms with Crippen molar-refractivity contribution in [1.82, 2.24) is 5.32 Å². The van der Waals surface area contributed by atoms with E-state index in [0.717, 1.165) is 0 Å². The number of amides is 1. The molecule has 0 aromatic rings. The summed E-state index contributed by atoms with van der Waals surface area (Å²) in [6.07, 6.45) is -4.43. The number of nitrogens with one attached hydrogen (secondary N) is 1. The molecule has 0 aliphatic carbocycles. The minimum atomic E-state index is -2.87. The van der Waals surface area contributed by atoms with Gasteiger partial charge in [-0.25, -0.2) is 8.78 Å². The number of alkyl halides is 2. The van der Waals surface area contributed by atoms with Gasteiger partial charge in [0.05, 0.1) is 6.04 Å². The van der Waals surface area contributed by atoms with Crippen LogP contribution in [0.5, 0.6) is 0 Å². The molecule has 0 aliphatic rings. The van der Waals surface area contributed by atoms with E-state index >= 15 is 0 Å². The van der Waals surface area contributed by atoms with Crippen molar-refractivity contribution >= 4 is 5.91 Å². The summed E-state index contributed by atoms with van der Waals surface area (Å²) in [5, 5.41) is 10.8. The molecule has 15 heavy (non-hydrogen) atoms. The van der Waals surface area contributed by atoms with Crippen LogP contribution in [0.1, 0.15) is 6.42 Å². The third kappa shape index (κ3) is 6.32. The first-order valence-corrected chi connectivity index (χ1v) is 4.47. The number of aliphatic hydroxyl groups excluding tert-OH is 1. The van der Waals surface area contributed by atoms with E-state index in [0.29, 0.717) is 13.0 Å². The highest BCUT2D eigenvalue weighted by Crippen LogP contribution is 1.98. The maximum atomic E-state index is 11.8. The Morgan fingerprint density at radius 1 is 1.60 bits per heavy atom. The molecule has 2 unspecified atom stereocenters. The van der Waals surface area contributed by atoms with E-state index < -0.39 is 31.0 Å². The van der Waals surface area contributed by atoms with E-state index in [1.165, 1.54) is 7.11 Å². The standard InChI is InChI=1S/C8H16F2N2O3/c1-15-3-2-5(11)8(14)12-4-6(13)7(9)10/h5-7,13H,2-4,11H2,1H3,(H,12,14). The van der Waals surface area contributed by atoms with Crippen LogP contribution in [0.2, 0.25) is 0 Å². The van der Waals surface area contributed by atoms with Crippen LogP contribution in [-0.4, -0.2) is 49.8 Å². The summed E-state index contributed by atoms with van der Waals surface area (Å²) in [5.41, 5.74) is 5.40. The summed E-state index contributed by atoms with van der Waals surface area (Å²) in [4.78, 5) is 11.1. The van der Waals surface area contributed by atoms with Crippen LogP contribution in [0.25, 0.3) is 0 Å². The normalized spacial score (nSPS) is 15.1. The van der Waals surface area contributed by atoms with Gasteiger partial charge in [0.15, 0.2) is 0 Å². The third-order valence-electron chi connectivity index (χ3n) is 1.75. The average molecular weight is 226 g/mol. The molecular weight excluding hydrogens is 210 g/mol. The lowest BCUT2D eigenvalue weighted by Crippen LogP contribution is -2.45. The minimum absolute atomic E-state index is 0.299. The lowest BCUT2D eigenvalue weighted by Gasteiger charge is -2.14. The van der Waals surface area contributed by atoms with Gasteiger partial charge >= 0.3 is 0 Å². The van der Waals surface area contributed by atoms with Crippen molar-refractivity contribution in [1.29, 1.82) is 0 Å². The monoisotopic (exact) mass is 226 g/mol. The number of halogens is 2. The highest BCUT2D eigenvalue weighted by Gasteiger charge is 2.19. The number of hydrogen-bond acceptors (Lipinski definition) is 4. The Bertz CT molecular complexity index is 193. The van der Waals surface area contributed by atoms with Crippen molar-refractivity contribution in [2.45, 2.75) is 25.0 Å². The van der Waals surface area contributed by atoms with E-state index in [9.17, 15) is 13.6 Å². The van der Waals surface area contributed by atoms with E-state index in [1.807, 2.05) is 0 Å². The van der Waals surface area contributed by atoms with E-state index in [4.69, 9.17) is 15.6 Å². The molecule has 2 atom stereocenters. The molecule has 0 heterocycles. The smallest absolute Gasteiger partial charge is 0.265 e. The predicted octanol–water partition coefficient (Wildman–Crippen LogP) is -0.908. The molecule has 0 rings (SSSR count). The zero-order valence-corrected chi connectivity index (χ0v) is 8.45. The summed E-state index contributed by atoms with van der Waals surface area (Å²) in [7, 11) is 1.46. The fraction of sp³-hybridized carbons (Fsp3) is 0.875. The largest absolute Gasteiger partial charge is 0.385 e. The number of methoxy groups -OCH3 is 1. The summed E-state index contributed by atoms with van der Waals surface area (Å²) in [5.74, 6) is -0.577. The van der Waals surface area contributed by atoms with E-state index in [2.05, 4.69) is 5.32 Å². The zero-order valence-electron chi connectivity index (χ0n) is 8.45. The fourth-order valence-electron chi connectivity index (χ4n) is 0.801. The van der Waals surface area contributed by atoms with Crippen LogP contribution in [0.3, 0.4) is 0 Å². The van der Waals surface area contributed by atoms with Crippen LogP contribution in [0, 0.1) is 0 Å². The van der Waals surface area contributed by atoms with Gasteiger partial charge in [0, 0.05) is 20.3 Å². The first-order chi connectivity index (χ1) is 6.99. The van der Waals surface area contributed by atoms with Gasteiger partial charge in [-0.1, -0.05) is 0 Å². The van der Waals surface area contributed by atoms with Crippen molar-refractivity contribution in [2.75, 3.05) is 20.3 Å². The number of hydrogen-bond donors (Lipinski definition) is 3. The van der Waals surface area contributed by atoms with Crippen LogP contribution >= 0.6 is 0 Å². The highest BCUT2D eigenvalue weighted by molar-refractivity contribution is 5.81. The van der Waals surface area contributed by atoms with Gasteiger partial charge in [0.25, 0.3) is 6.43 Å². The molecule has 0 aliphatic heterocycles. The number of carbonyl (C=O) groups is 1. The van der Waals surface area contributed by atoms with Crippen LogP contribution in [-0.2, 0) is 9.53 Å². The summed E-state index contributed by atoms with van der Waals surface area (Å²) < 4.78 is 28.4. The Balaban J connectivity index is 3.73. The molecule has 1 amide bonds. The molecule has 5 nitrogen and oxygen atoms in total. The summed E-state index contributed by atoms with van der Waals surface area (Å²) in [6, 6.07) is -0.810. The number of nitrogens with two attached hydrogens (primary N) is 1. The second-order valence-corrected chi connectivity index (χ2v) is 3.03. The SMILES string of the molecule is COCCC(N)C(=O)NCC(O)C(F)F. The first kappa shape index (κ1) is 14.2. The Morgan fingerprint density at radius 2 is 2.20 bits per heavy atom. The highest BCUT2D eigenvalue weighted by atomic mass is 19.3. The van der Waals surface area contributed by atoms with Gasteiger partial charge in [-0.15, -0.1) is 0 Å². The molecule has 0 aromatic heterocycles. The van der Waals surface area contributed by atoms with Crippen LogP contribution < -0.4 is 11.1 Å². The summed E-state index contributed by atoms with van der Waals surface area (Å²) in [6.45, 7) is -0.191. The van der Waals surface area contributed by atoms with Crippen molar-refractivity contribution < 1.29 is 23.4 Å². The Morgan fingerprint density at radius 3 is 2.67 bits per heavy atom. The average Bonchev–Trinajstić information content (AvgIpc) is 2.21. The lowest BCUT2D eigenvalue weighted by molar-refractivity contribution is -0.123. The van der Waals surface area contributed by atoms with Gasteiger partial charge in [-0.3, -0.25) is 4.79 Å². The van der Waals surface area contributed by atoms with E-state index in [-0.39, 0.29) is 0 Å². The fourth-order valence-corrected chi connectivity index (χ4v) is 0.801. The molecule has 4 N–H and O–H groups in total. The molecule has 7 heteroatoms. The molecule has 0 aromatic carbocycles. The third-order valence-corrected chi connectivity index (χ3v) is 1.75. The van der Waals surface area contributed by atoms with Crippen molar-refractivity contribution in [3.8, 4) is 0 Å². The number of aliphatic hydroxyl groups is 1. The van der Waals surface area contributed by atoms with Gasteiger partial charge < -0.3 is 20.9 Å². The Labute approximate surface area is 86.6 Å². The van der Waals surface area contributed by atoms with Gasteiger partial charge in [0.1, 0.15) is 6.10 Å². The van der Waals surface area contributed by atoms with Crippen molar-refractivity contribution in [2.24, 2.45) is 5.73 Å². The first-order valence-electron chi connectivity index (χ1n) is 4.47. The van der Waals surface area contributed by atoms with Crippen LogP contribution in [0.4, 0.5) is 8.78 Å². The molecule has 0 bridgehead atoms. The van der Waals surface area contributed by atoms with Gasteiger partial charge in [-0.2, -0.15) is 0 Å². The molecule has 0 spiro atoms. The second kappa shape index (κ2) is 7.49. The van der Waals surface area contributed by atoms with Crippen molar-refractivity contribution in [3.63, 3.8) is 0 Å². The quantitative estimate of drug-likeness (QED) is 0.525. The maximum Gasteiger partial charge on any atom is 0.265 e. The molecule has 0 radical (unpaired) electrons. The number of rotatable bonds is 7. The van der Waals surface area contributed by atoms with E-state index in [1.54, 1.807) is 0 Å². The molecule has 0 fully saturated rings. The Kier molecular flexibility index (Phi) is 7.10. The second-order valence-electron chi connectivity index (χ2n) is 3.03. The van der Waals surface area contributed by atoms with Gasteiger partial charge in [-0.05, 0) is 6.42 Å². The molecule has 0 saturated heterocycles. The summed E-state index contributed by atoms with van der Waals surface area (Å²) >= 11 is 0. The number of carbonyl (C=O) groups excluding carboxylic acids is 1. The number of ether oxygens (including phenoxy) is 1. The predicted molar refractivity (Wildman–Crippen MR) is 49.5 cm³/mol. The molecular formula is C8H16F2N2O3. The molecule has 90 valence electrons. The Hall–Kier alpha value is -0.790. The van der Waals surface area contributed by atoms with Gasteiger partial charge in [0.2, 0.25) is 5.91 Å².